The molecule has 2 aromatic rings. The number of carbonyl (C=O) groups is 2. The van der Waals surface area contributed by atoms with Gasteiger partial charge in [0, 0.05) is 21.6 Å². The highest BCUT2D eigenvalue weighted by Crippen LogP contribution is 2.23. The van der Waals surface area contributed by atoms with E-state index < -0.39 is 5.25 Å². The maximum Gasteiger partial charge on any atom is 0.238 e. The molecule has 6 nitrogen and oxygen atoms in total. The molecule has 1 aliphatic rings. The molecular weight excluding hydrogens is 452 g/mol. The van der Waals surface area contributed by atoms with Gasteiger partial charge in [0.25, 0.3) is 0 Å². The van der Waals surface area contributed by atoms with Crippen LogP contribution >= 0.6 is 39.3 Å². The van der Waals surface area contributed by atoms with Gasteiger partial charge in [-0.1, -0.05) is 51.4 Å². The van der Waals surface area contributed by atoms with E-state index in [0.29, 0.717) is 10.7 Å². The van der Waals surface area contributed by atoms with Crippen molar-refractivity contribution in [3.63, 3.8) is 0 Å². The number of halogens is 2. The van der Waals surface area contributed by atoms with Crippen molar-refractivity contribution >= 4 is 68.2 Å². The van der Waals surface area contributed by atoms with Crippen LogP contribution in [0.25, 0.3) is 0 Å². The minimum absolute atomic E-state index is 0.0763. The normalized spacial score (nSPS) is 18.5. The molecule has 1 saturated heterocycles. The molecule has 138 valence electrons. The molecule has 0 aliphatic carbocycles. The van der Waals surface area contributed by atoms with Crippen molar-refractivity contribution in [3.8, 4) is 0 Å². The smallest absolute Gasteiger partial charge is 0.238 e. The summed E-state index contributed by atoms with van der Waals surface area (Å²) in [7, 11) is 0. The molecule has 3 rings (SSSR count). The summed E-state index contributed by atoms with van der Waals surface area (Å²) >= 11 is 10.3. The van der Waals surface area contributed by atoms with Crippen LogP contribution in [-0.2, 0) is 9.59 Å². The molecule has 2 amide bonds. The molecule has 27 heavy (non-hydrogen) atoms. The molecule has 0 spiro atoms. The first-order valence-electron chi connectivity index (χ1n) is 7.89. The average molecular weight is 466 g/mol. The third-order valence-corrected chi connectivity index (χ3v) is 5.35. The lowest BCUT2D eigenvalue weighted by molar-refractivity contribution is -0.123. The number of amides is 2. The van der Waals surface area contributed by atoms with Gasteiger partial charge in [0.05, 0.1) is 6.21 Å². The predicted octanol–water partition coefficient (Wildman–Crippen LogP) is 4.05. The lowest BCUT2D eigenvalue weighted by Crippen LogP contribution is -2.41. The van der Waals surface area contributed by atoms with Gasteiger partial charge in [-0.15, -0.1) is 5.10 Å². The Balaban J connectivity index is 1.64. The summed E-state index contributed by atoms with van der Waals surface area (Å²) in [6.07, 6.45) is 1.62. The van der Waals surface area contributed by atoms with E-state index >= 15 is 0 Å². The average Bonchev–Trinajstić information content (AvgIpc) is 2.65. The molecule has 0 saturated carbocycles. The molecule has 2 N–H and O–H groups in total. The van der Waals surface area contributed by atoms with Gasteiger partial charge in [-0.3, -0.25) is 9.59 Å². The molecule has 0 aromatic heterocycles. The zero-order valence-electron chi connectivity index (χ0n) is 13.9. The number of carbonyl (C=O) groups excluding carboxylic acids is 2. The van der Waals surface area contributed by atoms with Gasteiger partial charge < -0.3 is 10.6 Å². The van der Waals surface area contributed by atoms with Gasteiger partial charge in [0.2, 0.25) is 11.8 Å². The summed E-state index contributed by atoms with van der Waals surface area (Å²) in [5.74, 6) is -0.531. The van der Waals surface area contributed by atoms with Crippen LogP contribution in [-0.4, -0.2) is 28.4 Å². The first kappa shape index (κ1) is 19.6. The summed E-state index contributed by atoms with van der Waals surface area (Å²) in [6, 6.07) is 14.3. The molecule has 1 heterocycles. The molecule has 1 fully saturated rings. The zero-order valence-corrected chi connectivity index (χ0v) is 17.0. The van der Waals surface area contributed by atoms with Gasteiger partial charge in [0.15, 0.2) is 5.17 Å². The number of anilines is 1. The second kappa shape index (κ2) is 9.16. The molecular formula is C18H14BrClN4O2S. The van der Waals surface area contributed by atoms with E-state index in [1.165, 1.54) is 11.8 Å². The van der Waals surface area contributed by atoms with Gasteiger partial charge in [-0.2, -0.15) is 5.10 Å². The molecule has 1 atom stereocenters. The van der Waals surface area contributed by atoms with E-state index in [4.69, 9.17) is 11.6 Å². The fraction of sp³-hybridized carbons (Fsp3) is 0.111. The van der Waals surface area contributed by atoms with E-state index in [9.17, 15) is 9.59 Å². The monoisotopic (exact) mass is 464 g/mol. The minimum Gasteiger partial charge on any atom is -0.325 e. The van der Waals surface area contributed by atoms with Gasteiger partial charge in [-0.25, -0.2) is 0 Å². The van der Waals surface area contributed by atoms with Crippen molar-refractivity contribution in [3.05, 3.63) is 63.6 Å². The van der Waals surface area contributed by atoms with E-state index in [0.717, 1.165) is 10.0 Å². The van der Waals surface area contributed by atoms with Crippen LogP contribution in [0.15, 0.2) is 63.2 Å². The van der Waals surface area contributed by atoms with Crippen molar-refractivity contribution in [1.82, 2.24) is 5.32 Å². The summed E-state index contributed by atoms with van der Waals surface area (Å²) in [4.78, 5) is 24.3. The second-order valence-corrected chi connectivity index (χ2v) is 8.10. The first-order chi connectivity index (χ1) is 13.0. The highest BCUT2D eigenvalue weighted by molar-refractivity contribution is 9.10. The van der Waals surface area contributed by atoms with Crippen LogP contribution in [0.1, 0.15) is 12.0 Å². The van der Waals surface area contributed by atoms with Crippen molar-refractivity contribution in [1.29, 1.82) is 0 Å². The van der Waals surface area contributed by atoms with E-state index in [1.807, 2.05) is 12.1 Å². The van der Waals surface area contributed by atoms with Crippen molar-refractivity contribution < 1.29 is 9.59 Å². The topological polar surface area (TPSA) is 82.9 Å². The van der Waals surface area contributed by atoms with Crippen molar-refractivity contribution in [2.75, 3.05) is 5.32 Å². The van der Waals surface area contributed by atoms with E-state index in [-0.39, 0.29) is 23.4 Å². The molecule has 1 unspecified atom stereocenters. The maximum absolute atomic E-state index is 12.4. The van der Waals surface area contributed by atoms with Crippen molar-refractivity contribution in [2.45, 2.75) is 11.7 Å². The maximum atomic E-state index is 12.4. The molecule has 9 heteroatoms. The number of rotatable bonds is 4. The Kier molecular flexibility index (Phi) is 6.65. The summed E-state index contributed by atoms with van der Waals surface area (Å²) in [5, 5.41) is 13.7. The third-order valence-electron chi connectivity index (χ3n) is 3.50. The van der Waals surface area contributed by atoms with Crippen LogP contribution in [0, 0.1) is 0 Å². The number of thioether (sulfide) groups is 1. The molecule has 1 aliphatic heterocycles. The number of nitrogens with zero attached hydrogens (tertiary/aromatic N) is 2. The largest absolute Gasteiger partial charge is 0.325 e. The fourth-order valence-electron chi connectivity index (χ4n) is 2.19. The molecule has 0 radical (unpaired) electrons. The Bertz CT molecular complexity index is 901. The van der Waals surface area contributed by atoms with Gasteiger partial charge in [-0.05, 0) is 42.0 Å². The zero-order chi connectivity index (χ0) is 19.2. The molecule has 2 aromatic carbocycles. The Hall–Kier alpha value is -2.16. The lowest BCUT2D eigenvalue weighted by atomic mass is 10.2. The van der Waals surface area contributed by atoms with E-state index in [1.54, 1.807) is 42.6 Å². The van der Waals surface area contributed by atoms with Crippen molar-refractivity contribution in [2.24, 2.45) is 10.2 Å². The Morgan fingerprint density at radius 2 is 1.93 bits per heavy atom. The number of amidine groups is 1. The summed E-state index contributed by atoms with van der Waals surface area (Å²) in [6.45, 7) is 0. The highest BCUT2D eigenvalue weighted by Gasteiger charge is 2.30. The van der Waals surface area contributed by atoms with Crippen LogP contribution in [0.5, 0.6) is 0 Å². The number of nitrogens with one attached hydrogen (secondary N) is 2. The van der Waals surface area contributed by atoms with Gasteiger partial charge >= 0.3 is 0 Å². The van der Waals surface area contributed by atoms with E-state index in [2.05, 4.69) is 36.8 Å². The number of hydrogen-bond acceptors (Lipinski definition) is 5. The lowest BCUT2D eigenvalue weighted by Gasteiger charge is -2.21. The van der Waals surface area contributed by atoms with Crippen LogP contribution in [0.3, 0.4) is 0 Å². The summed E-state index contributed by atoms with van der Waals surface area (Å²) in [5.41, 5.74) is 1.48. The summed E-state index contributed by atoms with van der Waals surface area (Å²) < 4.78 is 0.917. The first-order valence-corrected chi connectivity index (χ1v) is 9.94. The fourth-order valence-corrected chi connectivity index (χ4v) is 3.52. The van der Waals surface area contributed by atoms with Gasteiger partial charge in [0.1, 0.15) is 5.25 Å². The quantitative estimate of drug-likeness (QED) is 0.528. The van der Waals surface area contributed by atoms with Crippen LogP contribution in [0.4, 0.5) is 5.69 Å². The molecule has 0 bridgehead atoms. The SMILES string of the molecule is O=C1CC(C(=O)Nc2ccc(Br)cc2)SC(=NN=Cc2ccc(Cl)cc2)N1. The number of benzene rings is 2. The van der Waals surface area contributed by atoms with Crippen LogP contribution in [0.2, 0.25) is 5.02 Å². The highest BCUT2D eigenvalue weighted by atomic mass is 79.9. The second-order valence-electron chi connectivity index (χ2n) is 5.56. The standard InChI is InChI=1S/C18H14BrClN4O2S/c19-12-3-7-14(8-4-12)22-17(26)15-9-16(25)23-18(27-15)24-21-10-11-1-5-13(20)6-2-11/h1-8,10,15H,9H2,(H,22,26)(H,23,24,25). The Morgan fingerprint density at radius 3 is 2.63 bits per heavy atom. The number of hydrogen-bond donors (Lipinski definition) is 2. The third kappa shape index (κ3) is 5.92. The predicted molar refractivity (Wildman–Crippen MR) is 113 cm³/mol. The van der Waals surface area contributed by atoms with Crippen LogP contribution < -0.4 is 10.6 Å². The Labute approximate surface area is 173 Å². The Morgan fingerprint density at radius 1 is 1.22 bits per heavy atom. The minimum atomic E-state index is -0.577.